The lowest BCUT2D eigenvalue weighted by molar-refractivity contribution is -0.122. The van der Waals surface area contributed by atoms with Crippen LogP contribution in [0.4, 0.5) is 11.6 Å². The van der Waals surface area contributed by atoms with Crippen LogP contribution in [0, 0.1) is 5.92 Å². The van der Waals surface area contributed by atoms with Gasteiger partial charge in [0.25, 0.3) is 0 Å². The molecule has 0 atom stereocenters. The number of nitrogen functional groups attached to an aromatic ring is 1. The van der Waals surface area contributed by atoms with E-state index in [2.05, 4.69) is 20.6 Å². The van der Waals surface area contributed by atoms with Gasteiger partial charge in [-0.05, 0) is 12.8 Å². The van der Waals surface area contributed by atoms with Crippen LogP contribution in [0.15, 0.2) is 6.07 Å². The summed E-state index contributed by atoms with van der Waals surface area (Å²) in [7, 11) is 1.58. The van der Waals surface area contributed by atoms with Crippen molar-refractivity contribution in [3.63, 3.8) is 0 Å². The molecule has 7 nitrogen and oxygen atoms in total. The molecule has 0 aliphatic heterocycles. The van der Waals surface area contributed by atoms with Crippen LogP contribution in [0.5, 0.6) is 0 Å². The Balaban J connectivity index is 1.76. The van der Waals surface area contributed by atoms with Crippen LogP contribution in [-0.2, 0) is 16.1 Å². The molecule has 0 aromatic carbocycles. The standard InChI is InChI=1S/C12H19N5O2/c1-19-7-11-16-9(13)6-10(17-11)14-4-5-15-12(18)8-2-3-8/h6,8H,2-5,7H2,1H3,(H,15,18)(H3,13,14,16,17). The Hall–Kier alpha value is -1.89. The maximum absolute atomic E-state index is 11.4. The summed E-state index contributed by atoms with van der Waals surface area (Å²) in [6.07, 6.45) is 2.03. The fourth-order valence-electron chi connectivity index (χ4n) is 1.67. The van der Waals surface area contributed by atoms with Gasteiger partial charge in [0.2, 0.25) is 5.91 Å². The lowest BCUT2D eigenvalue weighted by atomic mass is 10.4. The minimum Gasteiger partial charge on any atom is -0.384 e. The van der Waals surface area contributed by atoms with Gasteiger partial charge in [0, 0.05) is 32.2 Å². The number of carbonyl (C=O) groups excluding carboxylic acids is 1. The molecule has 1 amide bonds. The van der Waals surface area contributed by atoms with E-state index in [1.54, 1.807) is 13.2 Å². The molecule has 0 bridgehead atoms. The summed E-state index contributed by atoms with van der Waals surface area (Å²) < 4.78 is 4.96. The average molecular weight is 265 g/mol. The van der Waals surface area contributed by atoms with Crippen molar-refractivity contribution >= 4 is 17.5 Å². The van der Waals surface area contributed by atoms with Crippen molar-refractivity contribution < 1.29 is 9.53 Å². The molecule has 0 spiro atoms. The highest BCUT2D eigenvalue weighted by Gasteiger charge is 2.28. The summed E-state index contributed by atoms with van der Waals surface area (Å²) in [5, 5.41) is 5.97. The number of hydrogen-bond donors (Lipinski definition) is 3. The maximum Gasteiger partial charge on any atom is 0.223 e. The van der Waals surface area contributed by atoms with Crippen molar-refractivity contribution in [2.45, 2.75) is 19.4 Å². The summed E-state index contributed by atoms with van der Waals surface area (Å²) in [6, 6.07) is 1.65. The van der Waals surface area contributed by atoms with Gasteiger partial charge in [0.1, 0.15) is 18.2 Å². The molecule has 0 saturated heterocycles. The molecule has 4 N–H and O–H groups in total. The SMILES string of the molecule is COCc1nc(N)cc(NCCNC(=O)C2CC2)n1. The third-order valence-electron chi connectivity index (χ3n) is 2.74. The van der Waals surface area contributed by atoms with Crippen molar-refractivity contribution in [1.29, 1.82) is 0 Å². The Bertz CT molecular complexity index is 448. The van der Waals surface area contributed by atoms with Crippen LogP contribution in [-0.4, -0.2) is 36.1 Å². The zero-order chi connectivity index (χ0) is 13.7. The Kier molecular flexibility index (Phi) is 4.51. The van der Waals surface area contributed by atoms with Crippen LogP contribution < -0.4 is 16.4 Å². The lowest BCUT2D eigenvalue weighted by Gasteiger charge is -2.09. The zero-order valence-electron chi connectivity index (χ0n) is 11.0. The molecule has 2 rings (SSSR count). The van der Waals surface area contributed by atoms with Crippen molar-refractivity contribution in [2.75, 3.05) is 31.2 Å². The van der Waals surface area contributed by atoms with Gasteiger partial charge < -0.3 is 21.1 Å². The summed E-state index contributed by atoms with van der Waals surface area (Å²) in [6.45, 7) is 1.48. The molecule has 1 saturated carbocycles. The summed E-state index contributed by atoms with van der Waals surface area (Å²) >= 11 is 0. The average Bonchev–Trinajstić information content (AvgIpc) is 3.18. The second kappa shape index (κ2) is 6.33. The number of methoxy groups -OCH3 is 1. The van der Waals surface area contributed by atoms with Gasteiger partial charge in [0.15, 0.2) is 5.82 Å². The van der Waals surface area contributed by atoms with Gasteiger partial charge in [-0.3, -0.25) is 4.79 Å². The van der Waals surface area contributed by atoms with E-state index in [1.807, 2.05) is 0 Å². The highest BCUT2D eigenvalue weighted by Crippen LogP contribution is 2.28. The molecule has 0 radical (unpaired) electrons. The number of hydrogen-bond acceptors (Lipinski definition) is 6. The van der Waals surface area contributed by atoms with E-state index in [0.29, 0.717) is 37.2 Å². The molecule has 1 fully saturated rings. The largest absolute Gasteiger partial charge is 0.384 e. The van der Waals surface area contributed by atoms with Gasteiger partial charge >= 0.3 is 0 Å². The maximum atomic E-state index is 11.4. The minimum atomic E-state index is 0.143. The summed E-state index contributed by atoms with van der Waals surface area (Å²) in [5.74, 6) is 1.95. The quantitative estimate of drug-likeness (QED) is 0.606. The van der Waals surface area contributed by atoms with Gasteiger partial charge in [-0.1, -0.05) is 0 Å². The van der Waals surface area contributed by atoms with Gasteiger partial charge in [0.05, 0.1) is 0 Å². The molecular weight excluding hydrogens is 246 g/mol. The third kappa shape index (κ3) is 4.36. The molecule has 0 unspecified atom stereocenters. The van der Waals surface area contributed by atoms with E-state index in [4.69, 9.17) is 10.5 Å². The predicted molar refractivity (Wildman–Crippen MR) is 71.4 cm³/mol. The molecule has 1 aromatic heterocycles. The van der Waals surface area contributed by atoms with Crippen LogP contribution in [0.25, 0.3) is 0 Å². The molecule has 1 aliphatic rings. The normalized spacial score (nSPS) is 14.2. The van der Waals surface area contributed by atoms with Gasteiger partial charge in [-0.2, -0.15) is 0 Å². The first-order chi connectivity index (χ1) is 9.19. The number of anilines is 2. The van der Waals surface area contributed by atoms with Crippen molar-refractivity contribution in [2.24, 2.45) is 5.92 Å². The van der Waals surface area contributed by atoms with Crippen LogP contribution in [0.3, 0.4) is 0 Å². The number of ether oxygens (including phenoxy) is 1. The first-order valence-electron chi connectivity index (χ1n) is 6.33. The number of nitrogens with zero attached hydrogens (tertiary/aromatic N) is 2. The number of rotatable bonds is 7. The number of amides is 1. The molecule has 1 heterocycles. The van der Waals surface area contributed by atoms with Gasteiger partial charge in [-0.15, -0.1) is 0 Å². The topological polar surface area (TPSA) is 102 Å². The number of nitrogens with two attached hydrogens (primary N) is 1. The molecule has 19 heavy (non-hydrogen) atoms. The molecule has 104 valence electrons. The van der Waals surface area contributed by atoms with E-state index in [-0.39, 0.29) is 11.8 Å². The van der Waals surface area contributed by atoms with E-state index in [0.717, 1.165) is 12.8 Å². The fourth-order valence-corrected chi connectivity index (χ4v) is 1.67. The Morgan fingerprint density at radius 3 is 2.95 bits per heavy atom. The third-order valence-corrected chi connectivity index (χ3v) is 2.74. The molecule has 1 aliphatic carbocycles. The van der Waals surface area contributed by atoms with E-state index < -0.39 is 0 Å². The zero-order valence-corrected chi connectivity index (χ0v) is 11.0. The second-order valence-corrected chi connectivity index (χ2v) is 4.52. The highest BCUT2D eigenvalue weighted by atomic mass is 16.5. The highest BCUT2D eigenvalue weighted by molar-refractivity contribution is 5.80. The lowest BCUT2D eigenvalue weighted by Crippen LogP contribution is -2.30. The predicted octanol–water partition coefficient (Wildman–Crippen LogP) is 0.143. The van der Waals surface area contributed by atoms with Crippen molar-refractivity contribution in [3.8, 4) is 0 Å². The monoisotopic (exact) mass is 265 g/mol. The molecular formula is C12H19N5O2. The summed E-state index contributed by atoms with van der Waals surface area (Å²) in [5.41, 5.74) is 5.67. The Morgan fingerprint density at radius 2 is 2.26 bits per heavy atom. The van der Waals surface area contributed by atoms with E-state index in [9.17, 15) is 4.79 Å². The number of nitrogens with one attached hydrogen (secondary N) is 2. The van der Waals surface area contributed by atoms with E-state index >= 15 is 0 Å². The number of aromatic nitrogens is 2. The molecule has 1 aromatic rings. The van der Waals surface area contributed by atoms with Gasteiger partial charge in [-0.25, -0.2) is 9.97 Å². The Morgan fingerprint density at radius 1 is 1.47 bits per heavy atom. The smallest absolute Gasteiger partial charge is 0.223 e. The minimum absolute atomic E-state index is 0.143. The second-order valence-electron chi connectivity index (χ2n) is 4.52. The van der Waals surface area contributed by atoms with E-state index in [1.165, 1.54) is 0 Å². The Labute approximate surface area is 111 Å². The van der Waals surface area contributed by atoms with Crippen LogP contribution in [0.1, 0.15) is 18.7 Å². The van der Waals surface area contributed by atoms with Crippen LogP contribution in [0.2, 0.25) is 0 Å². The number of carbonyl (C=O) groups is 1. The van der Waals surface area contributed by atoms with Crippen molar-refractivity contribution in [1.82, 2.24) is 15.3 Å². The first-order valence-corrected chi connectivity index (χ1v) is 6.33. The molecule has 7 heteroatoms. The van der Waals surface area contributed by atoms with Crippen LogP contribution >= 0.6 is 0 Å². The fraction of sp³-hybridized carbons (Fsp3) is 0.583. The summed E-state index contributed by atoms with van der Waals surface area (Å²) in [4.78, 5) is 19.7. The van der Waals surface area contributed by atoms with Crippen molar-refractivity contribution in [3.05, 3.63) is 11.9 Å². The first kappa shape index (κ1) is 13.5.